The fourth-order valence-electron chi connectivity index (χ4n) is 2.34. The molecule has 2 rings (SSSR count). The highest BCUT2D eigenvalue weighted by Crippen LogP contribution is 2.13. The molecule has 1 aromatic heterocycles. The standard InChI is InChI=1S/C13H22N2O2/c1-3-15-5-7-17-13(9-15)12(14-2)8-11-4-6-16-10-11/h4,6,10,12-14H,3,5,7-9H2,1-2H3. The fraction of sp³-hybridized carbons (Fsp3) is 0.692. The Morgan fingerprint density at radius 2 is 2.47 bits per heavy atom. The number of hydrogen-bond donors (Lipinski definition) is 1. The largest absolute Gasteiger partial charge is 0.472 e. The van der Waals surface area contributed by atoms with Crippen LogP contribution >= 0.6 is 0 Å². The van der Waals surface area contributed by atoms with Gasteiger partial charge in [0, 0.05) is 19.1 Å². The summed E-state index contributed by atoms with van der Waals surface area (Å²) >= 11 is 0. The summed E-state index contributed by atoms with van der Waals surface area (Å²) in [6.45, 7) is 6.20. The number of likely N-dealkylation sites (N-methyl/N-ethyl adjacent to an activating group) is 2. The monoisotopic (exact) mass is 238 g/mol. The Kier molecular flexibility index (Phi) is 4.59. The number of hydrogen-bond acceptors (Lipinski definition) is 4. The van der Waals surface area contributed by atoms with Crippen LogP contribution in [0, 0.1) is 0 Å². The Morgan fingerprint density at radius 1 is 1.59 bits per heavy atom. The summed E-state index contributed by atoms with van der Waals surface area (Å²) in [4.78, 5) is 2.44. The van der Waals surface area contributed by atoms with Crippen LogP contribution in [0.4, 0.5) is 0 Å². The molecule has 1 aliphatic heterocycles. The van der Waals surface area contributed by atoms with E-state index < -0.39 is 0 Å². The predicted molar refractivity (Wildman–Crippen MR) is 67.1 cm³/mol. The molecule has 0 amide bonds. The Morgan fingerprint density at radius 3 is 3.12 bits per heavy atom. The molecule has 0 radical (unpaired) electrons. The van der Waals surface area contributed by atoms with Crippen molar-refractivity contribution in [3.63, 3.8) is 0 Å². The van der Waals surface area contributed by atoms with Gasteiger partial charge in [-0.25, -0.2) is 0 Å². The average Bonchev–Trinajstić information content (AvgIpc) is 2.89. The molecule has 1 N–H and O–H groups in total. The topological polar surface area (TPSA) is 37.6 Å². The lowest BCUT2D eigenvalue weighted by atomic mass is 10.0. The lowest BCUT2D eigenvalue weighted by Crippen LogP contribution is -2.52. The fourth-order valence-corrected chi connectivity index (χ4v) is 2.34. The van der Waals surface area contributed by atoms with Gasteiger partial charge < -0.3 is 14.5 Å². The summed E-state index contributed by atoms with van der Waals surface area (Å²) in [6.07, 6.45) is 4.76. The molecule has 17 heavy (non-hydrogen) atoms. The molecule has 0 aliphatic carbocycles. The molecule has 0 saturated carbocycles. The van der Waals surface area contributed by atoms with Gasteiger partial charge in [-0.2, -0.15) is 0 Å². The molecule has 0 aromatic carbocycles. The number of furan rings is 1. The van der Waals surface area contributed by atoms with Gasteiger partial charge >= 0.3 is 0 Å². The summed E-state index contributed by atoms with van der Waals surface area (Å²) in [5.41, 5.74) is 1.22. The van der Waals surface area contributed by atoms with Crippen LogP contribution in [-0.4, -0.2) is 50.3 Å². The molecule has 2 atom stereocenters. The molecular weight excluding hydrogens is 216 g/mol. The minimum Gasteiger partial charge on any atom is -0.472 e. The molecule has 4 heteroatoms. The van der Waals surface area contributed by atoms with Crippen molar-refractivity contribution < 1.29 is 9.15 Å². The maximum Gasteiger partial charge on any atom is 0.0935 e. The highest BCUT2D eigenvalue weighted by Gasteiger charge is 2.26. The predicted octanol–water partition coefficient (Wildman–Crippen LogP) is 1.13. The molecule has 2 unspecified atom stereocenters. The summed E-state index contributed by atoms with van der Waals surface area (Å²) in [6, 6.07) is 2.37. The van der Waals surface area contributed by atoms with Gasteiger partial charge in [-0.05, 0) is 31.6 Å². The van der Waals surface area contributed by atoms with Crippen LogP contribution < -0.4 is 5.32 Å². The van der Waals surface area contributed by atoms with Crippen LogP contribution in [0.5, 0.6) is 0 Å². The maximum atomic E-state index is 5.88. The van der Waals surface area contributed by atoms with Crippen LogP contribution in [-0.2, 0) is 11.2 Å². The summed E-state index contributed by atoms with van der Waals surface area (Å²) < 4.78 is 11.0. The van der Waals surface area contributed by atoms with Crippen molar-refractivity contribution >= 4 is 0 Å². The first-order valence-corrected chi connectivity index (χ1v) is 6.35. The lowest BCUT2D eigenvalue weighted by molar-refractivity contribution is -0.0436. The Bertz CT molecular complexity index is 313. The lowest BCUT2D eigenvalue weighted by Gasteiger charge is -2.36. The zero-order valence-electron chi connectivity index (χ0n) is 10.7. The minimum absolute atomic E-state index is 0.267. The second kappa shape index (κ2) is 6.19. The first-order valence-electron chi connectivity index (χ1n) is 6.35. The number of nitrogens with zero attached hydrogens (tertiary/aromatic N) is 1. The van der Waals surface area contributed by atoms with Crippen molar-refractivity contribution in [3.05, 3.63) is 24.2 Å². The molecule has 1 saturated heterocycles. The highest BCUT2D eigenvalue weighted by atomic mass is 16.5. The van der Waals surface area contributed by atoms with Crippen molar-refractivity contribution in [2.75, 3.05) is 33.3 Å². The second-order valence-corrected chi connectivity index (χ2v) is 4.53. The van der Waals surface area contributed by atoms with E-state index >= 15 is 0 Å². The Balaban J connectivity index is 1.93. The van der Waals surface area contributed by atoms with E-state index in [-0.39, 0.29) is 6.10 Å². The van der Waals surface area contributed by atoms with E-state index in [0.29, 0.717) is 6.04 Å². The first kappa shape index (κ1) is 12.6. The zero-order chi connectivity index (χ0) is 12.1. The van der Waals surface area contributed by atoms with Gasteiger partial charge in [-0.3, -0.25) is 4.90 Å². The van der Waals surface area contributed by atoms with Gasteiger partial charge in [0.05, 0.1) is 25.2 Å². The number of nitrogens with one attached hydrogen (secondary N) is 1. The summed E-state index contributed by atoms with van der Waals surface area (Å²) in [5.74, 6) is 0. The summed E-state index contributed by atoms with van der Waals surface area (Å²) in [7, 11) is 2.00. The van der Waals surface area contributed by atoms with Crippen molar-refractivity contribution in [3.8, 4) is 0 Å². The first-order chi connectivity index (χ1) is 8.33. The molecule has 1 fully saturated rings. The van der Waals surface area contributed by atoms with Crippen LogP contribution in [0.15, 0.2) is 23.0 Å². The molecule has 0 bridgehead atoms. The molecular formula is C13H22N2O2. The van der Waals surface area contributed by atoms with E-state index in [9.17, 15) is 0 Å². The number of morpholine rings is 1. The zero-order valence-corrected chi connectivity index (χ0v) is 10.7. The van der Waals surface area contributed by atoms with Gasteiger partial charge in [0.2, 0.25) is 0 Å². The molecule has 2 heterocycles. The smallest absolute Gasteiger partial charge is 0.0935 e. The van der Waals surface area contributed by atoms with Crippen LogP contribution in [0.1, 0.15) is 12.5 Å². The third-order valence-electron chi connectivity index (χ3n) is 3.48. The third kappa shape index (κ3) is 3.31. The molecule has 1 aromatic rings. The quantitative estimate of drug-likeness (QED) is 0.834. The van der Waals surface area contributed by atoms with Crippen molar-refractivity contribution in [2.45, 2.75) is 25.5 Å². The number of rotatable bonds is 5. The molecule has 96 valence electrons. The maximum absolute atomic E-state index is 5.88. The van der Waals surface area contributed by atoms with Crippen LogP contribution in [0.2, 0.25) is 0 Å². The molecule has 4 nitrogen and oxygen atoms in total. The van der Waals surface area contributed by atoms with E-state index in [1.54, 1.807) is 6.26 Å². The second-order valence-electron chi connectivity index (χ2n) is 4.53. The number of ether oxygens (including phenoxy) is 1. The van der Waals surface area contributed by atoms with Crippen LogP contribution in [0.25, 0.3) is 0 Å². The third-order valence-corrected chi connectivity index (χ3v) is 3.48. The van der Waals surface area contributed by atoms with Gasteiger partial charge in [0.15, 0.2) is 0 Å². The average molecular weight is 238 g/mol. The van der Waals surface area contributed by atoms with E-state index in [0.717, 1.165) is 32.7 Å². The van der Waals surface area contributed by atoms with Crippen molar-refractivity contribution in [2.24, 2.45) is 0 Å². The van der Waals surface area contributed by atoms with E-state index in [4.69, 9.17) is 9.15 Å². The van der Waals surface area contributed by atoms with E-state index in [1.165, 1.54) is 5.56 Å². The van der Waals surface area contributed by atoms with Crippen molar-refractivity contribution in [1.82, 2.24) is 10.2 Å². The van der Waals surface area contributed by atoms with Crippen LogP contribution in [0.3, 0.4) is 0 Å². The normalized spacial score (nSPS) is 23.8. The van der Waals surface area contributed by atoms with Gasteiger partial charge in [-0.15, -0.1) is 0 Å². The summed E-state index contributed by atoms with van der Waals surface area (Å²) in [5, 5.41) is 3.36. The van der Waals surface area contributed by atoms with Gasteiger partial charge in [0.25, 0.3) is 0 Å². The molecule has 0 spiro atoms. The van der Waals surface area contributed by atoms with Gasteiger partial charge in [-0.1, -0.05) is 6.92 Å². The minimum atomic E-state index is 0.267. The highest BCUT2D eigenvalue weighted by molar-refractivity contribution is 5.08. The Hall–Kier alpha value is -0.840. The van der Waals surface area contributed by atoms with Gasteiger partial charge in [0.1, 0.15) is 0 Å². The molecule has 1 aliphatic rings. The van der Waals surface area contributed by atoms with Crippen molar-refractivity contribution in [1.29, 1.82) is 0 Å². The van der Waals surface area contributed by atoms with E-state index in [1.807, 2.05) is 19.4 Å². The SMILES string of the molecule is CCN1CCOC(C(Cc2ccoc2)NC)C1. The Labute approximate surface area is 103 Å². The van der Waals surface area contributed by atoms with E-state index in [2.05, 4.69) is 17.1 Å².